The number of para-hydroxylation sites is 1. The number of hydrogen-bond acceptors (Lipinski definition) is 8. The molecular formula is C23H22IN3O7S. The fourth-order valence-electron chi connectivity index (χ4n) is 3.87. The van der Waals surface area contributed by atoms with Gasteiger partial charge in [-0.1, -0.05) is 40.8 Å². The minimum Gasteiger partial charge on any atom is -0.484 e. The van der Waals surface area contributed by atoms with Gasteiger partial charge in [0.15, 0.2) is 6.61 Å². The molecule has 4 rings (SSSR count). The van der Waals surface area contributed by atoms with Crippen molar-refractivity contribution in [1.82, 2.24) is 10.2 Å². The van der Waals surface area contributed by atoms with E-state index in [9.17, 15) is 24.5 Å². The van der Waals surface area contributed by atoms with Crippen LogP contribution >= 0.6 is 34.4 Å². The number of benzene rings is 2. The fourth-order valence-corrected chi connectivity index (χ4v) is 6.39. The zero-order valence-electron chi connectivity index (χ0n) is 18.6. The van der Waals surface area contributed by atoms with Crippen LogP contribution in [0.1, 0.15) is 12.5 Å². The number of β-lactam (4-membered cyclic amide) rings is 1. The summed E-state index contributed by atoms with van der Waals surface area (Å²) in [5, 5.41) is 13.1. The van der Waals surface area contributed by atoms with Crippen molar-refractivity contribution in [2.45, 2.75) is 34.4 Å². The molecule has 0 aliphatic carbocycles. The average molecular weight is 611 g/mol. The maximum atomic E-state index is 13.0. The van der Waals surface area contributed by atoms with Gasteiger partial charge in [0, 0.05) is 17.9 Å². The Morgan fingerprint density at radius 1 is 1.23 bits per heavy atom. The van der Waals surface area contributed by atoms with Gasteiger partial charge in [-0.2, -0.15) is 0 Å². The van der Waals surface area contributed by atoms with Crippen LogP contribution in [0.4, 0.5) is 5.69 Å². The molecule has 2 aromatic rings. The number of esters is 1. The second-order valence-corrected chi connectivity index (χ2v) is 11.9. The van der Waals surface area contributed by atoms with Crippen LogP contribution in [0.25, 0.3) is 0 Å². The molecule has 2 amide bonds. The fraction of sp³-hybridized carbons (Fsp3) is 0.348. The number of nitrogens with zero attached hydrogens (tertiary/aromatic N) is 2. The number of carbonyl (C=O) groups excluding carboxylic acids is 3. The number of rotatable bonds is 8. The highest BCUT2D eigenvalue weighted by Gasteiger charge is 2.61. The first-order chi connectivity index (χ1) is 16.7. The van der Waals surface area contributed by atoms with E-state index in [0.29, 0.717) is 17.1 Å². The second kappa shape index (κ2) is 10.4. The lowest BCUT2D eigenvalue weighted by Crippen LogP contribution is -2.78. The van der Waals surface area contributed by atoms with Crippen LogP contribution in [0.15, 0.2) is 54.6 Å². The average Bonchev–Trinajstić information content (AvgIpc) is 2.85. The minimum absolute atomic E-state index is 0.0551. The molecule has 0 radical (unpaired) electrons. The largest absolute Gasteiger partial charge is 0.484 e. The lowest BCUT2D eigenvalue weighted by atomic mass is 9.94. The quantitative estimate of drug-likeness (QED) is 0.121. The van der Waals surface area contributed by atoms with Gasteiger partial charge in [-0.25, -0.2) is 4.79 Å². The van der Waals surface area contributed by atoms with Crippen LogP contribution in [0, 0.1) is 10.1 Å². The Labute approximate surface area is 219 Å². The van der Waals surface area contributed by atoms with E-state index in [1.54, 1.807) is 24.3 Å². The van der Waals surface area contributed by atoms with Crippen molar-refractivity contribution in [3.63, 3.8) is 0 Å². The predicted molar refractivity (Wildman–Crippen MR) is 136 cm³/mol. The van der Waals surface area contributed by atoms with E-state index < -0.39 is 32.3 Å². The molecule has 2 aliphatic rings. The highest BCUT2D eigenvalue weighted by Crippen LogP contribution is 2.46. The molecule has 4 atom stereocenters. The van der Waals surface area contributed by atoms with Crippen molar-refractivity contribution in [3.8, 4) is 5.75 Å². The van der Waals surface area contributed by atoms with Gasteiger partial charge in [-0.3, -0.25) is 19.7 Å². The Balaban J connectivity index is 1.36. The summed E-state index contributed by atoms with van der Waals surface area (Å²) in [6, 6.07) is 13.0. The van der Waals surface area contributed by atoms with Gasteiger partial charge in [0.1, 0.15) is 29.8 Å². The molecule has 0 spiro atoms. The third-order valence-corrected chi connectivity index (χ3v) is 8.74. The summed E-state index contributed by atoms with van der Waals surface area (Å²) < 4.78 is 10.3. The maximum Gasteiger partial charge on any atom is 0.330 e. The zero-order chi connectivity index (χ0) is 25.2. The SMILES string of the molecule is C[C@@]1(I)CS[C@H]2[C@H](NC(=O)COc3ccccc3)C(=O)N2[C@H]1C(=O)OCc1ccc([N+](=O)[O-])cc1. The number of amides is 2. The second-order valence-electron chi connectivity index (χ2n) is 8.31. The van der Waals surface area contributed by atoms with Crippen LogP contribution in [0.3, 0.4) is 0 Å². The highest BCUT2D eigenvalue weighted by atomic mass is 127. The summed E-state index contributed by atoms with van der Waals surface area (Å²) in [5.41, 5.74) is 0.542. The lowest BCUT2D eigenvalue weighted by molar-refractivity contribution is -0.384. The van der Waals surface area contributed by atoms with Crippen molar-refractivity contribution in [2.24, 2.45) is 0 Å². The van der Waals surface area contributed by atoms with Crippen LogP contribution in [-0.2, 0) is 25.7 Å². The van der Waals surface area contributed by atoms with Crippen LogP contribution in [-0.4, -0.2) is 60.8 Å². The van der Waals surface area contributed by atoms with Gasteiger partial charge >= 0.3 is 5.97 Å². The van der Waals surface area contributed by atoms with E-state index in [4.69, 9.17) is 9.47 Å². The molecule has 2 aliphatic heterocycles. The van der Waals surface area contributed by atoms with Crippen LogP contribution in [0.5, 0.6) is 5.75 Å². The number of non-ortho nitro benzene ring substituents is 1. The van der Waals surface area contributed by atoms with Crippen molar-refractivity contribution < 1.29 is 28.8 Å². The summed E-state index contributed by atoms with van der Waals surface area (Å²) in [4.78, 5) is 50.1. The Morgan fingerprint density at radius 2 is 1.91 bits per heavy atom. The molecule has 184 valence electrons. The molecule has 0 bridgehead atoms. The predicted octanol–water partition coefficient (Wildman–Crippen LogP) is 2.68. The van der Waals surface area contributed by atoms with Crippen LogP contribution < -0.4 is 10.1 Å². The summed E-state index contributed by atoms with van der Waals surface area (Å²) in [7, 11) is 0. The van der Waals surface area contributed by atoms with Gasteiger partial charge in [0.2, 0.25) is 5.91 Å². The van der Waals surface area contributed by atoms with E-state index in [-0.39, 0.29) is 30.2 Å². The Hall–Kier alpha value is -2.87. The smallest absolute Gasteiger partial charge is 0.330 e. The van der Waals surface area contributed by atoms with E-state index in [1.165, 1.54) is 40.9 Å². The molecule has 2 fully saturated rings. The lowest BCUT2D eigenvalue weighted by Gasteiger charge is -2.56. The number of hydrogen-bond donors (Lipinski definition) is 1. The first-order valence-corrected chi connectivity index (χ1v) is 12.8. The molecule has 2 heterocycles. The first kappa shape index (κ1) is 25.2. The van der Waals surface area contributed by atoms with Crippen LogP contribution in [0.2, 0.25) is 0 Å². The summed E-state index contributed by atoms with van der Waals surface area (Å²) in [6.45, 7) is 1.58. The monoisotopic (exact) mass is 611 g/mol. The molecule has 35 heavy (non-hydrogen) atoms. The number of ether oxygens (including phenoxy) is 2. The van der Waals surface area contributed by atoms with E-state index in [0.717, 1.165) is 0 Å². The van der Waals surface area contributed by atoms with Crippen molar-refractivity contribution in [1.29, 1.82) is 0 Å². The number of fused-ring (bicyclic) bond motifs is 1. The minimum atomic E-state index is -0.825. The Morgan fingerprint density at radius 3 is 2.57 bits per heavy atom. The van der Waals surface area contributed by atoms with Crippen molar-refractivity contribution in [3.05, 3.63) is 70.3 Å². The third-order valence-electron chi connectivity index (χ3n) is 5.65. The van der Waals surface area contributed by atoms with E-state index in [2.05, 4.69) is 27.9 Å². The molecule has 1 N–H and O–H groups in total. The normalized spacial score (nSPS) is 25.1. The number of nitro groups is 1. The summed E-state index contributed by atoms with van der Waals surface area (Å²) in [6.07, 6.45) is 0. The van der Waals surface area contributed by atoms with Gasteiger partial charge in [0.05, 0.1) is 8.35 Å². The van der Waals surface area contributed by atoms with Gasteiger partial charge in [0.25, 0.3) is 11.6 Å². The molecule has 0 unspecified atom stereocenters. The Kier molecular flexibility index (Phi) is 7.50. The van der Waals surface area contributed by atoms with Gasteiger partial charge in [-0.15, -0.1) is 11.8 Å². The van der Waals surface area contributed by atoms with E-state index in [1.807, 2.05) is 13.0 Å². The molecule has 0 saturated carbocycles. The maximum absolute atomic E-state index is 13.0. The summed E-state index contributed by atoms with van der Waals surface area (Å²) in [5.74, 6) is -0.210. The highest BCUT2D eigenvalue weighted by molar-refractivity contribution is 14.1. The number of nitro benzene ring substituents is 1. The third kappa shape index (κ3) is 5.53. The number of alkyl halides is 1. The number of thioether (sulfide) groups is 1. The Bertz CT molecular complexity index is 1130. The number of nitrogens with one attached hydrogen (secondary N) is 1. The number of carbonyl (C=O) groups is 3. The van der Waals surface area contributed by atoms with Gasteiger partial charge in [-0.05, 0) is 36.8 Å². The summed E-state index contributed by atoms with van der Waals surface area (Å²) >= 11 is 3.66. The molecule has 10 nitrogen and oxygen atoms in total. The molecule has 12 heteroatoms. The first-order valence-electron chi connectivity index (χ1n) is 10.7. The van der Waals surface area contributed by atoms with Crippen molar-refractivity contribution >= 4 is 57.8 Å². The van der Waals surface area contributed by atoms with Crippen molar-refractivity contribution in [2.75, 3.05) is 12.4 Å². The standard InChI is InChI=1S/C23H22IN3O7S/c1-23(24)13-35-21-18(25-17(28)12-33-16-5-3-2-4-6-16)20(29)26(21)19(23)22(30)34-11-14-7-9-15(10-8-14)27(31)32/h2-10,18-19,21H,11-13H2,1H3,(H,25,28)/t18-,19+,21+,23-/m1/s1. The topological polar surface area (TPSA) is 128 Å². The molecular weight excluding hydrogens is 589 g/mol. The van der Waals surface area contributed by atoms with E-state index >= 15 is 0 Å². The van der Waals surface area contributed by atoms with Gasteiger partial charge < -0.3 is 19.7 Å². The molecule has 2 aromatic carbocycles. The number of halogens is 1. The molecule has 0 aromatic heterocycles. The zero-order valence-corrected chi connectivity index (χ0v) is 21.6. The molecule has 2 saturated heterocycles.